The number of rotatable bonds is 2. The van der Waals surface area contributed by atoms with Crippen molar-refractivity contribution in [1.82, 2.24) is 9.88 Å². The molecular weight excluding hydrogens is 306 g/mol. The van der Waals surface area contributed by atoms with Gasteiger partial charge in [-0.1, -0.05) is 12.1 Å². The molecule has 0 bridgehead atoms. The molecule has 0 aliphatic carbocycles. The molecule has 1 aromatic carbocycles. The highest BCUT2D eigenvalue weighted by atomic mass is 16.3. The van der Waals surface area contributed by atoms with Gasteiger partial charge in [-0.3, -0.25) is 5.32 Å². The van der Waals surface area contributed by atoms with Crippen molar-refractivity contribution in [3.8, 4) is 5.75 Å². The van der Waals surface area contributed by atoms with E-state index in [1.54, 1.807) is 23.1 Å². The van der Waals surface area contributed by atoms with E-state index in [4.69, 9.17) is 6.57 Å². The van der Waals surface area contributed by atoms with Gasteiger partial charge in [0.25, 0.3) is 0 Å². The highest BCUT2D eigenvalue weighted by Crippen LogP contribution is 2.21. The van der Waals surface area contributed by atoms with E-state index in [1.807, 2.05) is 12.1 Å². The van der Waals surface area contributed by atoms with Gasteiger partial charge in [0.05, 0.1) is 12.8 Å². The molecule has 2 amide bonds. The molecule has 1 aromatic heterocycles. The lowest BCUT2D eigenvalue weighted by Crippen LogP contribution is -2.50. The van der Waals surface area contributed by atoms with Gasteiger partial charge < -0.3 is 14.9 Å². The Morgan fingerprint density at radius 3 is 2.46 bits per heavy atom. The maximum Gasteiger partial charge on any atom is 0.323 e. The van der Waals surface area contributed by atoms with E-state index >= 15 is 0 Å². The molecule has 7 nitrogen and oxygen atoms in total. The molecule has 1 fully saturated rings. The highest BCUT2D eigenvalue weighted by molar-refractivity contribution is 5.88. The molecule has 124 valence electrons. The highest BCUT2D eigenvalue weighted by Gasteiger charge is 2.21. The second kappa shape index (κ2) is 6.87. The summed E-state index contributed by atoms with van der Waals surface area (Å²) in [6.45, 7) is 9.65. The van der Waals surface area contributed by atoms with Crippen LogP contribution in [0.25, 0.3) is 4.85 Å². The Morgan fingerprint density at radius 2 is 1.88 bits per heavy atom. The lowest BCUT2D eigenvalue weighted by Gasteiger charge is -2.36. The molecule has 24 heavy (non-hydrogen) atoms. The number of benzene rings is 1. The number of urea groups is 1. The van der Waals surface area contributed by atoms with E-state index in [-0.39, 0.29) is 13.2 Å². The Kier molecular flexibility index (Phi) is 4.47. The van der Waals surface area contributed by atoms with Crippen molar-refractivity contribution >= 4 is 23.2 Å². The normalized spacial score (nSPS) is 14.1. The van der Waals surface area contributed by atoms with Gasteiger partial charge in [0, 0.05) is 33.3 Å². The second-order valence-electron chi connectivity index (χ2n) is 5.43. The summed E-state index contributed by atoms with van der Waals surface area (Å²) in [5, 5.41) is 11.9. The van der Waals surface area contributed by atoms with Crippen LogP contribution in [0.15, 0.2) is 42.6 Å². The van der Waals surface area contributed by atoms with Crippen molar-refractivity contribution in [2.75, 3.05) is 36.4 Å². The first kappa shape index (κ1) is 15.6. The fourth-order valence-corrected chi connectivity index (χ4v) is 2.55. The number of carbonyl (C=O) groups excluding carboxylic acids is 1. The Labute approximate surface area is 141 Å². The molecule has 0 unspecified atom stereocenters. The maximum atomic E-state index is 12.2. The number of amides is 2. The maximum absolute atomic E-state index is 12.2. The number of hydrogen-bond donors (Lipinski definition) is 2. The number of aromatic hydroxyl groups is 1. The largest absolute Gasteiger partial charge is 0.506 e. The van der Waals surface area contributed by atoms with Crippen molar-refractivity contribution in [3.05, 3.63) is 54.0 Å². The summed E-state index contributed by atoms with van der Waals surface area (Å²) < 4.78 is 0. The lowest BCUT2D eigenvalue weighted by molar-refractivity contribution is 0.208. The van der Waals surface area contributed by atoms with Crippen LogP contribution in [0, 0.1) is 6.57 Å². The third-order valence-corrected chi connectivity index (χ3v) is 3.89. The summed E-state index contributed by atoms with van der Waals surface area (Å²) in [6, 6.07) is 10.3. The van der Waals surface area contributed by atoms with Gasteiger partial charge in [-0.15, -0.1) is 0 Å². The van der Waals surface area contributed by atoms with Crippen molar-refractivity contribution < 1.29 is 11.3 Å². The molecule has 2 heterocycles. The van der Waals surface area contributed by atoms with Crippen LogP contribution in [-0.4, -0.2) is 47.2 Å². The molecule has 0 spiro atoms. The fraction of sp³-hybridized carbons (Fsp3) is 0.235. The molecule has 7 heteroatoms. The van der Waals surface area contributed by atoms with Crippen molar-refractivity contribution in [2.45, 2.75) is 0 Å². The number of anilines is 2. The standard InChI is InChI=1S/C17H17N5O2.H2/c1-18-13-2-4-14(5-3-13)21-8-10-22(11-9-21)17(24)20-16-7-6-15(23)12-19-16;/h2-7,12,23H,8-11H2,(H,19,20,24);1H. The van der Waals surface area contributed by atoms with Gasteiger partial charge in [0.2, 0.25) is 0 Å². The van der Waals surface area contributed by atoms with Gasteiger partial charge in [-0.05, 0) is 24.3 Å². The molecule has 1 saturated heterocycles. The summed E-state index contributed by atoms with van der Waals surface area (Å²) in [7, 11) is 0. The SMILES string of the molecule is [C-]#[N+]c1ccc(N2CCN(C(=O)Nc3ccc(O)cn3)CC2)cc1.[HH]. The predicted molar refractivity (Wildman–Crippen MR) is 93.5 cm³/mol. The third-order valence-electron chi connectivity index (χ3n) is 3.89. The van der Waals surface area contributed by atoms with Crippen LogP contribution in [0.3, 0.4) is 0 Å². The van der Waals surface area contributed by atoms with E-state index in [0.29, 0.717) is 24.6 Å². The summed E-state index contributed by atoms with van der Waals surface area (Å²) >= 11 is 0. The number of aromatic nitrogens is 1. The van der Waals surface area contributed by atoms with E-state index in [9.17, 15) is 9.90 Å². The zero-order valence-corrected chi connectivity index (χ0v) is 13.0. The van der Waals surface area contributed by atoms with Crippen LogP contribution in [0.4, 0.5) is 22.0 Å². The van der Waals surface area contributed by atoms with Gasteiger partial charge >= 0.3 is 6.03 Å². The van der Waals surface area contributed by atoms with Crippen molar-refractivity contribution in [1.29, 1.82) is 0 Å². The zero-order valence-electron chi connectivity index (χ0n) is 13.0. The van der Waals surface area contributed by atoms with Gasteiger partial charge in [0.1, 0.15) is 11.6 Å². The minimum Gasteiger partial charge on any atom is -0.506 e. The van der Waals surface area contributed by atoms with Crippen LogP contribution in [-0.2, 0) is 0 Å². The smallest absolute Gasteiger partial charge is 0.323 e. The molecule has 1 aliphatic heterocycles. The topological polar surface area (TPSA) is 73.1 Å². The molecular formula is C17H19N5O2. The molecule has 1 aliphatic rings. The number of hydrogen-bond acceptors (Lipinski definition) is 4. The summed E-state index contributed by atoms with van der Waals surface area (Å²) in [5.74, 6) is 0.473. The average molecular weight is 325 g/mol. The Morgan fingerprint density at radius 1 is 1.17 bits per heavy atom. The lowest BCUT2D eigenvalue weighted by atomic mass is 10.2. The fourth-order valence-electron chi connectivity index (χ4n) is 2.55. The molecule has 2 aromatic rings. The minimum atomic E-state index is -0.198. The minimum absolute atomic E-state index is 0. The third kappa shape index (κ3) is 3.55. The number of pyridine rings is 1. The Bertz CT molecular complexity index is 750. The Hall–Kier alpha value is -3.27. The molecule has 0 atom stereocenters. The molecule has 2 N–H and O–H groups in total. The van der Waals surface area contributed by atoms with Crippen molar-refractivity contribution in [2.24, 2.45) is 0 Å². The molecule has 3 rings (SSSR count). The summed E-state index contributed by atoms with van der Waals surface area (Å²) in [5.41, 5.74) is 1.68. The van der Waals surface area contributed by atoms with E-state index in [0.717, 1.165) is 18.8 Å². The van der Waals surface area contributed by atoms with E-state index in [2.05, 4.69) is 20.0 Å². The zero-order chi connectivity index (χ0) is 16.9. The van der Waals surface area contributed by atoms with Gasteiger partial charge in [-0.2, -0.15) is 0 Å². The van der Waals surface area contributed by atoms with E-state index in [1.165, 1.54) is 12.3 Å². The molecule has 0 radical (unpaired) electrons. The van der Waals surface area contributed by atoms with Crippen LogP contribution in [0.2, 0.25) is 0 Å². The molecule has 0 saturated carbocycles. The quantitative estimate of drug-likeness (QED) is 0.833. The average Bonchev–Trinajstić information content (AvgIpc) is 2.64. The van der Waals surface area contributed by atoms with Crippen LogP contribution in [0.5, 0.6) is 5.75 Å². The second-order valence-corrected chi connectivity index (χ2v) is 5.43. The monoisotopic (exact) mass is 325 g/mol. The Balaban J connectivity index is 0.00000225. The first-order valence-electron chi connectivity index (χ1n) is 7.59. The van der Waals surface area contributed by atoms with Crippen molar-refractivity contribution in [3.63, 3.8) is 0 Å². The number of nitrogens with zero attached hydrogens (tertiary/aromatic N) is 4. The first-order valence-corrected chi connectivity index (χ1v) is 7.59. The number of piperazine rings is 1. The van der Waals surface area contributed by atoms with Crippen LogP contribution in [0.1, 0.15) is 1.43 Å². The van der Waals surface area contributed by atoms with Gasteiger partial charge in [-0.25, -0.2) is 14.6 Å². The van der Waals surface area contributed by atoms with Gasteiger partial charge in [0.15, 0.2) is 5.69 Å². The van der Waals surface area contributed by atoms with Crippen LogP contribution < -0.4 is 10.2 Å². The first-order chi connectivity index (χ1) is 11.7. The summed E-state index contributed by atoms with van der Waals surface area (Å²) in [6.07, 6.45) is 1.29. The number of carbonyl (C=O) groups is 1. The van der Waals surface area contributed by atoms with E-state index < -0.39 is 0 Å². The van der Waals surface area contributed by atoms with Crippen LogP contribution >= 0.6 is 0 Å². The predicted octanol–water partition coefficient (Wildman–Crippen LogP) is 2.94. The number of nitrogens with one attached hydrogen (secondary N) is 1. The summed E-state index contributed by atoms with van der Waals surface area (Å²) in [4.78, 5) is 23.5.